The molecule has 1 aromatic rings. The molecule has 0 spiro atoms. The van der Waals surface area contributed by atoms with Gasteiger partial charge in [-0.1, -0.05) is 11.4 Å². The Bertz CT molecular complexity index is 209. The first-order valence-electron chi connectivity index (χ1n) is 3.30. The highest BCUT2D eigenvalue weighted by Crippen LogP contribution is 2.19. The topological polar surface area (TPSA) is 51.8 Å². The van der Waals surface area contributed by atoms with Crippen molar-refractivity contribution in [3.05, 3.63) is 10.6 Å². The van der Waals surface area contributed by atoms with E-state index in [-0.39, 0.29) is 6.04 Å². The average Bonchev–Trinajstić information content (AvgIpc) is 2.34. The van der Waals surface area contributed by atoms with E-state index in [1.165, 1.54) is 11.5 Å². The lowest BCUT2D eigenvalue weighted by Crippen LogP contribution is -2.07. The Hall–Kier alpha value is -0.480. The summed E-state index contributed by atoms with van der Waals surface area (Å²) in [5.74, 6) is 0. The van der Waals surface area contributed by atoms with Crippen LogP contribution in [0.3, 0.4) is 0 Å². The molecule has 0 aliphatic carbocycles. The quantitative estimate of drug-likeness (QED) is 0.703. The van der Waals surface area contributed by atoms with Gasteiger partial charge < -0.3 is 5.73 Å². The van der Waals surface area contributed by atoms with Crippen molar-refractivity contribution < 1.29 is 0 Å². The molecule has 1 unspecified atom stereocenters. The Morgan fingerprint density at radius 1 is 1.70 bits per heavy atom. The number of hydrogen-bond donors (Lipinski definition) is 1. The van der Waals surface area contributed by atoms with Gasteiger partial charge in [0.15, 0.2) is 0 Å². The highest BCUT2D eigenvalue weighted by Gasteiger charge is 2.09. The molecule has 0 saturated carbocycles. The highest BCUT2D eigenvalue weighted by molar-refractivity contribution is 7.05. The molecule has 1 rings (SSSR count). The predicted molar refractivity (Wildman–Crippen MR) is 41.9 cm³/mol. The van der Waals surface area contributed by atoms with Crippen LogP contribution in [-0.4, -0.2) is 9.59 Å². The molecule has 2 N–H and O–H groups in total. The van der Waals surface area contributed by atoms with Gasteiger partial charge >= 0.3 is 0 Å². The van der Waals surface area contributed by atoms with Crippen LogP contribution in [0.25, 0.3) is 0 Å². The second-order valence-corrected chi connectivity index (χ2v) is 3.02. The van der Waals surface area contributed by atoms with Crippen molar-refractivity contribution in [1.29, 1.82) is 0 Å². The zero-order valence-electron chi connectivity index (χ0n) is 6.16. The van der Waals surface area contributed by atoms with Crippen LogP contribution in [0.1, 0.15) is 30.0 Å². The minimum absolute atomic E-state index is 0.125. The Morgan fingerprint density at radius 2 is 2.40 bits per heavy atom. The molecule has 0 aliphatic heterocycles. The van der Waals surface area contributed by atoms with Gasteiger partial charge in [0.1, 0.15) is 0 Å². The number of aryl methyl sites for hydroxylation is 1. The normalized spacial score (nSPS) is 13.5. The summed E-state index contributed by atoms with van der Waals surface area (Å²) >= 11 is 1.40. The molecule has 4 heteroatoms. The summed E-state index contributed by atoms with van der Waals surface area (Å²) in [6.45, 7) is 4.00. The van der Waals surface area contributed by atoms with Crippen molar-refractivity contribution in [3.8, 4) is 0 Å². The average molecular weight is 157 g/mol. The summed E-state index contributed by atoms with van der Waals surface area (Å²) in [5.41, 5.74) is 6.74. The van der Waals surface area contributed by atoms with Gasteiger partial charge in [-0.3, -0.25) is 0 Å². The molecule has 0 bridgehead atoms. The lowest BCUT2D eigenvalue weighted by atomic mass is 10.2. The van der Waals surface area contributed by atoms with E-state index in [9.17, 15) is 0 Å². The van der Waals surface area contributed by atoms with Gasteiger partial charge in [0.2, 0.25) is 0 Å². The van der Waals surface area contributed by atoms with E-state index in [2.05, 4.69) is 16.5 Å². The number of nitrogens with two attached hydrogens (primary N) is 1. The second-order valence-electron chi connectivity index (χ2n) is 2.24. The highest BCUT2D eigenvalue weighted by atomic mass is 32.1. The summed E-state index contributed by atoms with van der Waals surface area (Å²) in [5, 5.41) is 3.87. The van der Waals surface area contributed by atoms with Crippen LogP contribution in [0.4, 0.5) is 0 Å². The van der Waals surface area contributed by atoms with Crippen molar-refractivity contribution in [2.45, 2.75) is 26.3 Å². The van der Waals surface area contributed by atoms with Crippen molar-refractivity contribution >= 4 is 11.5 Å². The fourth-order valence-corrected chi connectivity index (χ4v) is 1.49. The second kappa shape index (κ2) is 3.07. The van der Waals surface area contributed by atoms with Gasteiger partial charge in [0, 0.05) is 6.04 Å². The first-order chi connectivity index (χ1) is 4.75. The van der Waals surface area contributed by atoms with E-state index in [1.807, 2.05) is 6.92 Å². The molecule has 1 aromatic heterocycles. The monoisotopic (exact) mass is 157 g/mol. The Balaban J connectivity index is 2.82. The lowest BCUT2D eigenvalue weighted by molar-refractivity contribution is 0.705. The molecule has 0 radical (unpaired) electrons. The number of aromatic nitrogens is 2. The van der Waals surface area contributed by atoms with Crippen LogP contribution in [0.2, 0.25) is 0 Å². The smallest absolute Gasteiger partial charge is 0.0772 e. The van der Waals surface area contributed by atoms with Crippen molar-refractivity contribution in [1.82, 2.24) is 9.59 Å². The molecule has 3 nitrogen and oxygen atoms in total. The first-order valence-corrected chi connectivity index (χ1v) is 4.07. The molecule has 0 fully saturated rings. The maximum atomic E-state index is 5.77. The van der Waals surface area contributed by atoms with Gasteiger partial charge in [-0.2, -0.15) is 0 Å². The van der Waals surface area contributed by atoms with Crippen LogP contribution in [-0.2, 0) is 0 Å². The molecule has 0 aliphatic rings. The van der Waals surface area contributed by atoms with E-state index in [1.54, 1.807) is 0 Å². The third-order valence-corrected chi connectivity index (χ3v) is 2.42. The minimum atomic E-state index is 0.125. The number of rotatable bonds is 2. The van der Waals surface area contributed by atoms with Crippen LogP contribution in [0, 0.1) is 6.92 Å². The third-order valence-electron chi connectivity index (χ3n) is 1.46. The summed E-state index contributed by atoms with van der Waals surface area (Å²) in [7, 11) is 0. The summed E-state index contributed by atoms with van der Waals surface area (Å²) in [6.07, 6.45) is 0.949. The van der Waals surface area contributed by atoms with E-state index in [0.29, 0.717) is 0 Å². The molecule has 0 amide bonds. The summed E-state index contributed by atoms with van der Waals surface area (Å²) in [6, 6.07) is 0.125. The maximum Gasteiger partial charge on any atom is 0.0772 e. The van der Waals surface area contributed by atoms with Gasteiger partial charge in [-0.15, -0.1) is 5.10 Å². The van der Waals surface area contributed by atoms with E-state index in [0.717, 1.165) is 17.0 Å². The van der Waals surface area contributed by atoms with Gasteiger partial charge in [-0.05, 0) is 24.9 Å². The van der Waals surface area contributed by atoms with Crippen LogP contribution in [0.5, 0.6) is 0 Å². The molecular formula is C6H11N3S. The Morgan fingerprint density at radius 3 is 2.80 bits per heavy atom. The number of hydrogen-bond acceptors (Lipinski definition) is 4. The molecule has 0 aromatic carbocycles. The molecule has 0 saturated heterocycles. The van der Waals surface area contributed by atoms with Gasteiger partial charge in [0.25, 0.3) is 0 Å². The Labute approximate surface area is 64.4 Å². The fraction of sp³-hybridized carbons (Fsp3) is 0.667. The Kier molecular flexibility index (Phi) is 2.34. The van der Waals surface area contributed by atoms with E-state index >= 15 is 0 Å². The molecule has 56 valence electrons. The summed E-state index contributed by atoms with van der Waals surface area (Å²) in [4.78, 5) is 1.11. The first kappa shape index (κ1) is 7.63. The molecule has 1 heterocycles. The maximum absolute atomic E-state index is 5.77. The lowest BCUT2D eigenvalue weighted by Gasteiger charge is -2.03. The predicted octanol–water partition coefficient (Wildman–Crippen LogP) is 1.26. The molecule has 1 atom stereocenters. The largest absolute Gasteiger partial charge is 0.323 e. The number of nitrogens with zero attached hydrogens (tertiary/aromatic N) is 2. The van der Waals surface area contributed by atoms with Gasteiger partial charge in [0.05, 0.1) is 10.6 Å². The molecule has 10 heavy (non-hydrogen) atoms. The van der Waals surface area contributed by atoms with Crippen LogP contribution in [0.15, 0.2) is 0 Å². The molecular weight excluding hydrogens is 146 g/mol. The van der Waals surface area contributed by atoms with Crippen molar-refractivity contribution in [2.24, 2.45) is 5.73 Å². The van der Waals surface area contributed by atoms with Crippen LogP contribution >= 0.6 is 11.5 Å². The van der Waals surface area contributed by atoms with E-state index < -0.39 is 0 Å². The minimum Gasteiger partial charge on any atom is -0.323 e. The zero-order chi connectivity index (χ0) is 7.56. The third kappa shape index (κ3) is 1.33. The van der Waals surface area contributed by atoms with E-state index in [4.69, 9.17) is 5.73 Å². The van der Waals surface area contributed by atoms with Crippen molar-refractivity contribution in [3.63, 3.8) is 0 Å². The summed E-state index contributed by atoms with van der Waals surface area (Å²) < 4.78 is 3.80. The standard InChI is InChI=1S/C6H11N3S/c1-3-5(7)6-4(2)8-9-10-6/h5H,3,7H2,1-2H3. The van der Waals surface area contributed by atoms with Crippen LogP contribution < -0.4 is 5.73 Å². The van der Waals surface area contributed by atoms with Gasteiger partial charge in [-0.25, -0.2) is 0 Å². The SMILES string of the molecule is CCC(N)c1snnc1C. The van der Waals surface area contributed by atoms with Crippen molar-refractivity contribution in [2.75, 3.05) is 0 Å². The fourth-order valence-electron chi connectivity index (χ4n) is 0.762. The zero-order valence-corrected chi connectivity index (χ0v) is 6.98.